The summed E-state index contributed by atoms with van der Waals surface area (Å²) in [7, 11) is 2.12. The molecule has 2 nitrogen and oxygen atoms in total. The first-order valence-corrected chi connectivity index (χ1v) is 6.60. The highest BCUT2D eigenvalue weighted by atomic mass is 14.9. The molecule has 1 aliphatic carbocycles. The lowest BCUT2D eigenvalue weighted by Crippen LogP contribution is -2.03. The van der Waals surface area contributed by atoms with Crippen molar-refractivity contribution >= 4 is 16.6 Å². The van der Waals surface area contributed by atoms with Crippen LogP contribution in [0.3, 0.4) is 0 Å². The standard InChI is InChI=1S/C15H20N2/c1-17-10-14(11-5-3-2-4-6-11)13-8-7-12(16)9-15(13)17/h7-11H,2-6,16H2,1H3. The van der Waals surface area contributed by atoms with E-state index in [1.807, 2.05) is 6.07 Å². The number of aromatic nitrogens is 1. The number of anilines is 1. The number of nitrogens with zero attached hydrogens (tertiary/aromatic N) is 1. The van der Waals surface area contributed by atoms with Crippen molar-refractivity contribution in [2.45, 2.75) is 38.0 Å². The lowest BCUT2D eigenvalue weighted by atomic mass is 9.84. The van der Waals surface area contributed by atoms with Gasteiger partial charge in [0.15, 0.2) is 0 Å². The van der Waals surface area contributed by atoms with Gasteiger partial charge in [0.25, 0.3) is 0 Å². The smallest absolute Gasteiger partial charge is 0.0501 e. The molecule has 0 amide bonds. The van der Waals surface area contributed by atoms with E-state index in [4.69, 9.17) is 5.73 Å². The van der Waals surface area contributed by atoms with E-state index in [1.165, 1.54) is 48.6 Å². The Morgan fingerprint density at radius 1 is 1.18 bits per heavy atom. The maximum atomic E-state index is 5.87. The molecule has 3 rings (SSSR count). The van der Waals surface area contributed by atoms with Gasteiger partial charge in [0, 0.05) is 24.3 Å². The summed E-state index contributed by atoms with van der Waals surface area (Å²) in [5.41, 5.74) is 9.52. The van der Waals surface area contributed by atoms with Gasteiger partial charge in [-0.15, -0.1) is 0 Å². The van der Waals surface area contributed by atoms with E-state index in [0.717, 1.165) is 11.6 Å². The molecule has 2 N–H and O–H groups in total. The van der Waals surface area contributed by atoms with Gasteiger partial charge >= 0.3 is 0 Å². The second kappa shape index (κ2) is 4.10. The monoisotopic (exact) mass is 228 g/mol. The Kier molecular flexibility index (Phi) is 2.58. The zero-order valence-corrected chi connectivity index (χ0v) is 10.4. The van der Waals surface area contributed by atoms with E-state index in [9.17, 15) is 0 Å². The Morgan fingerprint density at radius 3 is 2.71 bits per heavy atom. The molecule has 90 valence electrons. The summed E-state index contributed by atoms with van der Waals surface area (Å²) in [6.07, 6.45) is 9.19. The molecular formula is C15H20N2. The fraction of sp³-hybridized carbons (Fsp3) is 0.467. The van der Waals surface area contributed by atoms with Crippen LogP contribution in [-0.2, 0) is 7.05 Å². The van der Waals surface area contributed by atoms with Gasteiger partial charge in [0.1, 0.15) is 0 Å². The van der Waals surface area contributed by atoms with Crippen LogP contribution in [-0.4, -0.2) is 4.57 Å². The topological polar surface area (TPSA) is 30.9 Å². The lowest BCUT2D eigenvalue weighted by Gasteiger charge is -2.21. The van der Waals surface area contributed by atoms with Crippen LogP contribution in [0.4, 0.5) is 5.69 Å². The van der Waals surface area contributed by atoms with Crippen LogP contribution in [0.15, 0.2) is 24.4 Å². The van der Waals surface area contributed by atoms with Crippen LogP contribution < -0.4 is 5.73 Å². The molecule has 0 aliphatic heterocycles. The third kappa shape index (κ3) is 1.82. The summed E-state index contributed by atoms with van der Waals surface area (Å²) in [4.78, 5) is 0. The first-order valence-electron chi connectivity index (χ1n) is 6.60. The third-order valence-electron chi connectivity index (χ3n) is 4.09. The molecule has 1 fully saturated rings. The van der Waals surface area contributed by atoms with Crippen molar-refractivity contribution in [3.63, 3.8) is 0 Å². The van der Waals surface area contributed by atoms with E-state index < -0.39 is 0 Å². The average Bonchev–Trinajstić information content (AvgIpc) is 2.68. The molecule has 1 aromatic heterocycles. The van der Waals surface area contributed by atoms with Crippen LogP contribution >= 0.6 is 0 Å². The Balaban J connectivity index is 2.10. The predicted octanol–water partition coefficient (Wildman–Crippen LogP) is 3.81. The molecule has 0 bridgehead atoms. The summed E-state index contributed by atoms with van der Waals surface area (Å²) < 4.78 is 2.22. The van der Waals surface area contributed by atoms with Crippen LogP contribution in [0, 0.1) is 0 Å². The summed E-state index contributed by atoms with van der Waals surface area (Å²) in [5.74, 6) is 0.760. The number of fused-ring (bicyclic) bond motifs is 1. The zero-order chi connectivity index (χ0) is 11.8. The van der Waals surface area contributed by atoms with Crippen molar-refractivity contribution < 1.29 is 0 Å². The summed E-state index contributed by atoms with van der Waals surface area (Å²) in [6, 6.07) is 6.30. The van der Waals surface area contributed by atoms with Crippen LogP contribution in [0.2, 0.25) is 0 Å². The van der Waals surface area contributed by atoms with Crippen molar-refractivity contribution in [1.29, 1.82) is 0 Å². The van der Waals surface area contributed by atoms with Gasteiger partial charge in [-0.25, -0.2) is 0 Å². The van der Waals surface area contributed by atoms with E-state index in [-0.39, 0.29) is 0 Å². The van der Waals surface area contributed by atoms with E-state index in [0.29, 0.717) is 0 Å². The summed E-state index contributed by atoms with van der Waals surface area (Å²) in [5, 5.41) is 1.40. The van der Waals surface area contributed by atoms with Gasteiger partial charge in [0.05, 0.1) is 5.52 Å². The Morgan fingerprint density at radius 2 is 1.94 bits per heavy atom. The molecule has 1 saturated carbocycles. The van der Waals surface area contributed by atoms with Gasteiger partial charge < -0.3 is 10.3 Å². The van der Waals surface area contributed by atoms with Crippen molar-refractivity contribution in [3.05, 3.63) is 30.0 Å². The number of benzene rings is 1. The fourth-order valence-corrected chi connectivity index (χ4v) is 3.17. The molecule has 0 radical (unpaired) electrons. The molecule has 0 atom stereocenters. The molecule has 2 heteroatoms. The van der Waals surface area contributed by atoms with E-state index >= 15 is 0 Å². The van der Waals surface area contributed by atoms with Gasteiger partial charge in [-0.1, -0.05) is 25.3 Å². The molecule has 2 aromatic rings. The number of aryl methyl sites for hydroxylation is 1. The van der Waals surface area contributed by atoms with E-state index in [1.54, 1.807) is 0 Å². The number of rotatable bonds is 1. The summed E-state index contributed by atoms with van der Waals surface area (Å²) in [6.45, 7) is 0. The minimum Gasteiger partial charge on any atom is -0.399 e. The largest absolute Gasteiger partial charge is 0.399 e. The minimum atomic E-state index is 0.760. The minimum absolute atomic E-state index is 0.760. The molecule has 1 heterocycles. The molecule has 1 aromatic carbocycles. The number of nitrogens with two attached hydrogens (primary N) is 1. The number of hydrogen-bond acceptors (Lipinski definition) is 1. The van der Waals surface area contributed by atoms with Crippen LogP contribution in [0.25, 0.3) is 10.9 Å². The Hall–Kier alpha value is -1.44. The first kappa shape index (κ1) is 10.7. The molecule has 0 spiro atoms. The maximum Gasteiger partial charge on any atom is 0.0501 e. The van der Waals surface area contributed by atoms with Gasteiger partial charge in [-0.05, 0) is 36.5 Å². The average molecular weight is 228 g/mol. The quantitative estimate of drug-likeness (QED) is 0.739. The summed E-state index contributed by atoms with van der Waals surface area (Å²) >= 11 is 0. The number of hydrogen-bond donors (Lipinski definition) is 1. The zero-order valence-electron chi connectivity index (χ0n) is 10.4. The van der Waals surface area contributed by atoms with Gasteiger partial charge in [0.2, 0.25) is 0 Å². The Labute approximate surface area is 102 Å². The third-order valence-corrected chi connectivity index (χ3v) is 4.09. The lowest BCUT2D eigenvalue weighted by molar-refractivity contribution is 0.445. The SMILES string of the molecule is Cn1cc(C2CCCCC2)c2ccc(N)cc21. The first-order chi connectivity index (χ1) is 8.25. The molecular weight excluding hydrogens is 208 g/mol. The molecule has 0 unspecified atom stereocenters. The van der Waals surface area contributed by atoms with Crippen molar-refractivity contribution in [1.82, 2.24) is 4.57 Å². The fourth-order valence-electron chi connectivity index (χ4n) is 3.17. The normalized spacial score (nSPS) is 17.7. The van der Waals surface area contributed by atoms with Gasteiger partial charge in [-0.2, -0.15) is 0 Å². The highest BCUT2D eigenvalue weighted by Gasteiger charge is 2.19. The van der Waals surface area contributed by atoms with Gasteiger partial charge in [-0.3, -0.25) is 0 Å². The van der Waals surface area contributed by atoms with Crippen LogP contribution in [0.1, 0.15) is 43.6 Å². The molecule has 0 saturated heterocycles. The number of nitrogen functional groups attached to an aromatic ring is 1. The molecule has 1 aliphatic rings. The second-order valence-corrected chi connectivity index (χ2v) is 5.31. The highest BCUT2D eigenvalue weighted by molar-refractivity contribution is 5.87. The van der Waals surface area contributed by atoms with Crippen LogP contribution in [0.5, 0.6) is 0 Å². The highest BCUT2D eigenvalue weighted by Crippen LogP contribution is 2.37. The van der Waals surface area contributed by atoms with Crippen molar-refractivity contribution in [2.75, 3.05) is 5.73 Å². The van der Waals surface area contributed by atoms with Crippen molar-refractivity contribution in [3.8, 4) is 0 Å². The van der Waals surface area contributed by atoms with E-state index in [2.05, 4.69) is 29.9 Å². The maximum absolute atomic E-state index is 5.87. The second-order valence-electron chi connectivity index (χ2n) is 5.31. The predicted molar refractivity (Wildman–Crippen MR) is 73.2 cm³/mol. The van der Waals surface area contributed by atoms with Crippen molar-refractivity contribution in [2.24, 2.45) is 7.05 Å². The Bertz CT molecular complexity index is 533. The molecule has 17 heavy (non-hydrogen) atoms.